The molecule has 86 valence electrons. The molecule has 0 spiro atoms. The highest BCUT2D eigenvalue weighted by Gasteiger charge is 2.07. The van der Waals surface area contributed by atoms with E-state index in [0.29, 0.717) is 12.6 Å². The van der Waals surface area contributed by atoms with Gasteiger partial charge in [0.2, 0.25) is 0 Å². The van der Waals surface area contributed by atoms with Gasteiger partial charge in [0.25, 0.3) is 0 Å². The first-order valence-corrected chi connectivity index (χ1v) is 5.44. The van der Waals surface area contributed by atoms with Crippen LogP contribution in [-0.2, 0) is 0 Å². The summed E-state index contributed by atoms with van der Waals surface area (Å²) in [6.07, 6.45) is 3.24. The van der Waals surface area contributed by atoms with Gasteiger partial charge in [0.15, 0.2) is 0 Å². The zero-order valence-electron chi connectivity index (χ0n) is 9.37. The van der Waals surface area contributed by atoms with Crippen molar-refractivity contribution in [3.8, 4) is 0 Å². The maximum Gasteiger partial charge on any atom is 0.0558 e. The quantitative estimate of drug-likeness (QED) is 0.385. The Balaban J connectivity index is 3.41. The number of unbranched alkanes of at least 4 members (excludes halogenated alkanes) is 2. The number of rotatable bonds is 9. The van der Waals surface area contributed by atoms with Gasteiger partial charge in [0.05, 0.1) is 6.61 Å². The number of aliphatic hydroxyl groups is 1. The Labute approximate surface area is 86.9 Å². The molecule has 4 heteroatoms. The second-order valence-corrected chi connectivity index (χ2v) is 3.82. The molecule has 0 unspecified atom stereocenters. The number of nitrogens with one attached hydrogen (secondary N) is 1. The Morgan fingerprint density at radius 3 is 2.36 bits per heavy atom. The van der Waals surface area contributed by atoms with Gasteiger partial charge < -0.3 is 10.3 Å². The molecule has 3 N–H and O–H groups in total. The lowest BCUT2D eigenvalue weighted by molar-refractivity contribution is 0.155. The van der Waals surface area contributed by atoms with Crippen LogP contribution in [0, 0.1) is 0 Å². The fourth-order valence-electron chi connectivity index (χ4n) is 1.45. The van der Waals surface area contributed by atoms with Crippen LogP contribution in [0.3, 0.4) is 0 Å². The normalized spacial score (nSPS) is 11.6. The van der Waals surface area contributed by atoms with E-state index >= 15 is 0 Å². The lowest BCUT2D eigenvalue weighted by Gasteiger charge is -2.25. The molecule has 0 amide bonds. The van der Waals surface area contributed by atoms with Crippen molar-refractivity contribution in [2.45, 2.75) is 39.2 Å². The molecule has 0 aliphatic rings. The Hall–Kier alpha value is -0.160. The highest BCUT2D eigenvalue weighted by molar-refractivity contribution is 4.62. The molecule has 0 bridgehead atoms. The van der Waals surface area contributed by atoms with Crippen molar-refractivity contribution < 1.29 is 10.3 Å². The number of nitrogens with zero attached hydrogens (tertiary/aromatic N) is 1. The van der Waals surface area contributed by atoms with Gasteiger partial charge in [-0.05, 0) is 33.2 Å². The van der Waals surface area contributed by atoms with Crippen molar-refractivity contribution in [2.75, 3.05) is 26.2 Å². The summed E-state index contributed by atoms with van der Waals surface area (Å²) in [5, 5.41) is 17.2. The summed E-state index contributed by atoms with van der Waals surface area (Å²) < 4.78 is 0. The van der Waals surface area contributed by atoms with E-state index in [1.807, 2.05) is 0 Å². The zero-order chi connectivity index (χ0) is 10.8. The fourth-order valence-corrected chi connectivity index (χ4v) is 1.45. The second-order valence-electron chi connectivity index (χ2n) is 3.82. The molecular formula is C10H24N2O2. The largest absolute Gasteiger partial charge is 0.395 e. The standard InChI is InChI=1S/C10H24N2O2/c1-10(2)12(8-9-13)7-5-3-4-6-11-14/h10-11,13-14H,3-9H2,1-2H3. The topological polar surface area (TPSA) is 55.7 Å². The summed E-state index contributed by atoms with van der Waals surface area (Å²) in [6, 6.07) is 0.498. The van der Waals surface area contributed by atoms with E-state index < -0.39 is 0 Å². The summed E-state index contributed by atoms with van der Waals surface area (Å²) in [5.41, 5.74) is 2.15. The maximum absolute atomic E-state index is 8.84. The highest BCUT2D eigenvalue weighted by atomic mass is 16.5. The minimum Gasteiger partial charge on any atom is -0.395 e. The van der Waals surface area contributed by atoms with E-state index in [1.165, 1.54) is 0 Å². The molecule has 0 aromatic heterocycles. The van der Waals surface area contributed by atoms with Gasteiger partial charge in [-0.2, -0.15) is 0 Å². The van der Waals surface area contributed by atoms with E-state index in [4.69, 9.17) is 10.3 Å². The number of hydroxylamine groups is 1. The first-order chi connectivity index (χ1) is 6.72. The number of hydrogen-bond acceptors (Lipinski definition) is 4. The molecule has 14 heavy (non-hydrogen) atoms. The van der Waals surface area contributed by atoms with Gasteiger partial charge in [-0.3, -0.25) is 4.90 Å². The average molecular weight is 204 g/mol. The Morgan fingerprint density at radius 1 is 1.14 bits per heavy atom. The fraction of sp³-hybridized carbons (Fsp3) is 1.00. The van der Waals surface area contributed by atoms with Crippen LogP contribution in [0.1, 0.15) is 33.1 Å². The summed E-state index contributed by atoms with van der Waals surface area (Å²) in [6.45, 7) is 6.98. The van der Waals surface area contributed by atoms with E-state index in [-0.39, 0.29) is 6.61 Å². The molecule has 0 aromatic rings. The third-order valence-corrected chi connectivity index (χ3v) is 2.35. The molecule has 0 radical (unpaired) electrons. The van der Waals surface area contributed by atoms with Crippen LogP contribution in [0.4, 0.5) is 0 Å². The third-order valence-electron chi connectivity index (χ3n) is 2.35. The molecule has 0 heterocycles. The Morgan fingerprint density at radius 2 is 1.86 bits per heavy atom. The zero-order valence-corrected chi connectivity index (χ0v) is 9.37. The molecule has 0 saturated carbocycles. The summed E-state index contributed by atoms with van der Waals surface area (Å²) in [5.74, 6) is 0. The van der Waals surface area contributed by atoms with E-state index in [0.717, 1.165) is 32.4 Å². The Bertz CT molecular complexity index is 121. The minimum absolute atomic E-state index is 0.233. The lowest BCUT2D eigenvalue weighted by Crippen LogP contribution is -2.34. The maximum atomic E-state index is 8.84. The van der Waals surface area contributed by atoms with Crippen molar-refractivity contribution in [2.24, 2.45) is 0 Å². The lowest BCUT2D eigenvalue weighted by atomic mass is 10.2. The highest BCUT2D eigenvalue weighted by Crippen LogP contribution is 2.02. The SMILES string of the molecule is CC(C)N(CCO)CCCCCNO. The Kier molecular flexibility index (Phi) is 9.29. The van der Waals surface area contributed by atoms with Crippen molar-refractivity contribution >= 4 is 0 Å². The van der Waals surface area contributed by atoms with E-state index in [1.54, 1.807) is 0 Å². The van der Waals surface area contributed by atoms with Crippen molar-refractivity contribution in [3.05, 3.63) is 0 Å². The average Bonchev–Trinajstić information content (AvgIpc) is 2.15. The summed E-state index contributed by atoms with van der Waals surface area (Å²) >= 11 is 0. The van der Waals surface area contributed by atoms with Crippen LogP contribution in [0.5, 0.6) is 0 Å². The molecule has 0 aliphatic carbocycles. The summed E-state index contributed by atoms with van der Waals surface area (Å²) in [7, 11) is 0. The van der Waals surface area contributed by atoms with Crippen molar-refractivity contribution in [1.82, 2.24) is 10.4 Å². The third kappa shape index (κ3) is 7.26. The first-order valence-electron chi connectivity index (χ1n) is 5.44. The van der Waals surface area contributed by atoms with Crippen molar-refractivity contribution in [3.63, 3.8) is 0 Å². The minimum atomic E-state index is 0.233. The molecule has 0 fully saturated rings. The molecule has 0 aromatic carbocycles. The van der Waals surface area contributed by atoms with Crippen LogP contribution in [0.25, 0.3) is 0 Å². The monoisotopic (exact) mass is 204 g/mol. The predicted molar refractivity (Wildman–Crippen MR) is 57.4 cm³/mol. The first kappa shape index (κ1) is 13.8. The molecular weight excluding hydrogens is 180 g/mol. The smallest absolute Gasteiger partial charge is 0.0558 e. The molecule has 0 saturated heterocycles. The molecule has 0 rings (SSSR count). The van der Waals surface area contributed by atoms with Gasteiger partial charge in [-0.15, -0.1) is 0 Å². The van der Waals surface area contributed by atoms with Crippen LogP contribution in [0.15, 0.2) is 0 Å². The van der Waals surface area contributed by atoms with Crippen LogP contribution in [0.2, 0.25) is 0 Å². The van der Waals surface area contributed by atoms with Gasteiger partial charge >= 0.3 is 0 Å². The van der Waals surface area contributed by atoms with Crippen LogP contribution in [-0.4, -0.2) is 47.5 Å². The molecule has 0 atom stereocenters. The predicted octanol–water partition coefficient (Wildman–Crippen LogP) is 0.838. The molecule has 0 aliphatic heterocycles. The van der Waals surface area contributed by atoms with Gasteiger partial charge in [0, 0.05) is 19.1 Å². The number of aliphatic hydroxyl groups excluding tert-OH is 1. The van der Waals surface area contributed by atoms with Crippen LogP contribution < -0.4 is 5.48 Å². The van der Waals surface area contributed by atoms with E-state index in [9.17, 15) is 0 Å². The van der Waals surface area contributed by atoms with Gasteiger partial charge in [-0.1, -0.05) is 6.42 Å². The van der Waals surface area contributed by atoms with E-state index in [2.05, 4.69) is 24.2 Å². The van der Waals surface area contributed by atoms with Gasteiger partial charge in [-0.25, -0.2) is 5.48 Å². The second kappa shape index (κ2) is 9.40. The van der Waals surface area contributed by atoms with Crippen LogP contribution >= 0.6 is 0 Å². The van der Waals surface area contributed by atoms with Crippen molar-refractivity contribution in [1.29, 1.82) is 0 Å². The number of hydrogen-bond donors (Lipinski definition) is 3. The van der Waals surface area contributed by atoms with Gasteiger partial charge in [0.1, 0.15) is 0 Å². The molecule has 4 nitrogen and oxygen atoms in total. The summed E-state index contributed by atoms with van der Waals surface area (Å²) in [4.78, 5) is 2.27.